The van der Waals surface area contributed by atoms with Gasteiger partial charge in [0.25, 0.3) is 5.91 Å². The lowest BCUT2D eigenvalue weighted by molar-refractivity contribution is 0.0699. The Balaban J connectivity index is 0.00000225. The second-order valence-corrected chi connectivity index (χ2v) is 7.88. The lowest BCUT2D eigenvalue weighted by Crippen LogP contribution is -2.47. The molecule has 1 aromatic carbocycles. The number of amides is 1. The van der Waals surface area contributed by atoms with Gasteiger partial charge in [-0.05, 0) is 36.9 Å². The molecule has 7 heteroatoms. The van der Waals surface area contributed by atoms with Gasteiger partial charge in [0, 0.05) is 25.3 Å². The van der Waals surface area contributed by atoms with Crippen LogP contribution < -0.4 is 5.32 Å². The quantitative estimate of drug-likeness (QED) is 0.686. The summed E-state index contributed by atoms with van der Waals surface area (Å²) in [5.74, 6) is 0.0812. The fourth-order valence-electron chi connectivity index (χ4n) is 3.59. The molecule has 1 fully saturated rings. The zero-order valence-corrected chi connectivity index (χ0v) is 17.5. The molecule has 5 nitrogen and oxygen atoms in total. The van der Waals surface area contributed by atoms with Crippen molar-refractivity contribution in [3.63, 3.8) is 0 Å². The number of hydrogen-bond acceptors (Lipinski definition) is 4. The van der Waals surface area contributed by atoms with Crippen molar-refractivity contribution in [3.8, 4) is 10.6 Å². The van der Waals surface area contributed by atoms with Crippen molar-refractivity contribution < 1.29 is 4.79 Å². The smallest absolute Gasteiger partial charge is 0.257 e. The molecule has 1 N–H and O–H groups in total. The predicted molar refractivity (Wildman–Crippen MR) is 116 cm³/mol. The molecule has 2 aromatic heterocycles. The van der Waals surface area contributed by atoms with Crippen molar-refractivity contribution in [3.05, 3.63) is 65.2 Å². The Hall–Kier alpha value is -2.15. The van der Waals surface area contributed by atoms with E-state index in [0.717, 1.165) is 36.5 Å². The highest BCUT2D eigenvalue weighted by atomic mass is 35.5. The summed E-state index contributed by atoms with van der Waals surface area (Å²) in [6.45, 7) is 2.22. The number of benzene rings is 1. The van der Waals surface area contributed by atoms with Crippen LogP contribution in [0.25, 0.3) is 10.6 Å². The minimum Gasteiger partial charge on any atom is -0.337 e. The summed E-state index contributed by atoms with van der Waals surface area (Å²) in [7, 11) is 1.97. The minimum absolute atomic E-state index is 0. The maximum absolute atomic E-state index is 13.3. The first-order chi connectivity index (χ1) is 13.2. The summed E-state index contributed by atoms with van der Waals surface area (Å²) < 4.78 is 1.89. The van der Waals surface area contributed by atoms with Gasteiger partial charge in [0.2, 0.25) is 0 Å². The fourth-order valence-corrected chi connectivity index (χ4v) is 4.32. The van der Waals surface area contributed by atoms with Crippen molar-refractivity contribution in [2.75, 3.05) is 20.1 Å². The molecule has 1 aliphatic heterocycles. The second-order valence-electron chi connectivity index (χ2n) is 6.93. The number of carbonyl (C=O) groups excluding carboxylic acids is 1. The maximum atomic E-state index is 13.3. The van der Waals surface area contributed by atoms with Gasteiger partial charge >= 0.3 is 0 Å². The first-order valence-corrected chi connectivity index (χ1v) is 10.2. The summed E-state index contributed by atoms with van der Waals surface area (Å²) in [6.07, 6.45) is 4.06. The molecule has 0 saturated carbocycles. The average Bonchev–Trinajstić information content (AvgIpc) is 3.38. The summed E-state index contributed by atoms with van der Waals surface area (Å²) in [5, 5.41) is 10.1. The molecule has 3 aromatic rings. The number of likely N-dealkylation sites (tertiary alicyclic amines) is 1. The molecule has 3 heterocycles. The van der Waals surface area contributed by atoms with Gasteiger partial charge in [-0.25, -0.2) is 0 Å². The third-order valence-electron chi connectivity index (χ3n) is 5.05. The molecule has 1 atom stereocenters. The van der Waals surface area contributed by atoms with E-state index in [0.29, 0.717) is 18.2 Å². The first-order valence-electron chi connectivity index (χ1n) is 9.36. The summed E-state index contributed by atoms with van der Waals surface area (Å²) in [4.78, 5) is 16.3. The van der Waals surface area contributed by atoms with Crippen LogP contribution >= 0.6 is 23.7 Å². The highest BCUT2D eigenvalue weighted by Gasteiger charge is 2.27. The minimum atomic E-state index is 0. The first kappa shape index (κ1) is 20.6. The van der Waals surface area contributed by atoms with Crippen molar-refractivity contribution in [1.82, 2.24) is 20.0 Å². The third-order valence-corrected chi connectivity index (χ3v) is 5.93. The van der Waals surface area contributed by atoms with E-state index < -0.39 is 0 Å². The largest absolute Gasteiger partial charge is 0.337 e. The number of hydrogen-bond donors (Lipinski definition) is 1. The van der Waals surface area contributed by atoms with Crippen LogP contribution in [0, 0.1) is 0 Å². The van der Waals surface area contributed by atoms with Crippen molar-refractivity contribution in [2.24, 2.45) is 0 Å². The second kappa shape index (κ2) is 9.37. The zero-order valence-electron chi connectivity index (χ0n) is 15.9. The number of piperidine rings is 1. The highest BCUT2D eigenvalue weighted by molar-refractivity contribution is 7.13. The molecule has 1 amide bonds. The number of halogens is 1. The van der Waals surface area contributed by atoms with E-state index in [1.165, 1.54) is 5.56 Å². The summed E-state index contributed by atoms with van der Waals surface area (Å²) in [6, 6.07) is 14.6. The zero-order chi connectivity index (χ0) is 18.6. The number of nitrogens with zero attached hydrogens (tertiary/aromatic N) is 3. The molecule has 4 rings (SSSR count). The van der Waals surface area contributed by atoms with Gasteiger partial charge < -0.3 is 10.2 Å². The van der Waals surface area contributed by atoms with Crippen LogP contribution in [0.3, 0.4) is 0 Å². The molecule has 0 bridgehead atoms. The predicted octanol–water partition coefficient (Wildman–Crippen LogP) is 3.91. The van der Waals surface area contributed by atoms with E-state index in [-0.39, 0.29) is 18.3 Å². The standard InChI is InChI=1S/C21H24N4OS.ClH/c1-22-17-9-5-11-24(14-17)21(26)18-15-25(13-16-7-3-2-4-8-16)23-20(18)19-10-6-12-27-19;/h2-4,6-8,10,12,15,17,22H,5,9,11,13-14H2,1H3;1H. The Bertz CT molecular complexity index is 895. The molecule has 148 valence electrons. The molecule has 1 unspecified atom stereocenters. The molecule has 0 spiro atoms. The Labute approximate surface area is 175 Å². The van der Waals surface area contributed by atoms with Gasteiger partial charge in [-0.2, -0.15) is 5.10 Å². The number of rotatable bonds is 5. The van der Waals surface area contributed by atoms with E-state index in [1.54, 1.807) is 11.3 Å². The Kier molecular flexibility index (Phi) is 6.88. The summed E-state index contributed by atoms with van der Waals surface area (Å²) >= 11 is 1.62. The van der Waals surface area contributed by atoms with E-state index in [2.05, 4.69) is 17.4 Å². The van der Waals surface area contributed by atoms with Crippen molar-refractivity contribution in [2.45, 2.75) is 25.4 Å². The van der Waals surface area contributed by atoms with Gasteiger partial charge in [0.05, 0.1) is 17.0 Å². The normalized spacial score (nSPS) is 16.6. The number of likely N-dealkylation sites (N-methyl/N-ethyl adjacent to an activating group) is 1. The van der Waals surface area contributed by atoms with Gasteiger partial charge in [0.15, 0.2) is 0 Å². The van der Waals surface area contributed by atoms with E-state index >= 15 is 0 Å². The van der Waals surface area contributed by atoms with E-state index in [9.17, 15) is 4.79 Å². The Morgan fingerprint density at radius 1 is 1.25 bits per heavy atom. The van der Waals surface area contributed by atoms with Crippen LogP contribution in [0.1, 0.15) is 28.8 Å². The van der Waals surface area contributed by atoms with Crippen LogP contribution in [-0.4, -0.2) is 46.8 Å². The van der Waals surface area contributed by atoms with E-state index in [1.807, 2.05) is 58.5 Å². The maximum Gasteiger partial charge on any atom is 0.257 e. The van der Waals surface area contributed by atoms with Gasteiger partial charge in [-0.3, -0.25) is 9.48 Å². The molecule has 1 aliphatic rings. The SMILES string of the molecule is CNC1CCCN(C(=O)c2cn(Cc3ccccc3)nc2-c2cccs2)C1.Cl. The monoisotopic (exact) mass is 416 g/mol. The van der Waals surface area contributed by atoms with Gasteiger partial charge in [0.1, 0.15) is 5.69 Å². The van der Waals surface area contributed by atoms with Crippen molar-refractivity contribution >= 4 is 29.7 Å². The molecular formula is C21H25ClN4OS. The van der Waals surface area contributed by atoms with Crippen LogP contribution in [0.4, 0.5) is 0 Å². The number of nitrogens with one attached hydrogen (secondary N) is 1. The van der Waals surface area contributed by atoms with Gasteiger partial charge in [-0.15, -0.1) is 23.7 Å². The van der Waals surface area contributed by atoms with Gasteiger partial charge in [-0.1, -0.05) is 36.4 Å². The van der Waals surface area contributed by atoms with Crippen LogP contribution in [0.5, 0.6) is 0 Å². The van der Waals surface area contributed by atoms with E-state index in [4.69, 9.17) is 5.10 Å². The van der Waals surface area contributed by atoms with Crippen LogP contribution in [-0.2, 0) is 6.54 Å². The molecule has 28 heavy (non-hydrogen) atoms. The summed E-state index contributed by atoms with van der Waals surface area (Å²) in [5.41, 5.74) is 2.66. The highest BCUT2D eigenvalue weighted by Crippen LogP contribution is 2.28. The topological polar surface area (TPSA) is 50.2 Å². The Morgan fingerprint density at radius 3 is 2.79 bits per heavy atom. The third kappa shape index (κ3) is 4.46. The Morgan fingerprint density at radius 2 is 2.07 bits per heavy atom. The number of aromatic nitrogens is 2. The lowest BCUT2D eigenvalue weighted by atomic mass is 10.0. The van der Waals surface area contributed by atoms with Crippen LogP contribution in [0.15, 0.2) is 54.0 Å². The molecule has 1 saturated heterocycles. The lowest BCUT2D eigenvalue weighted by Gasteiger charge is -2.32. The molecule has 0 aliphatic carbocycles. The fraction of sp³-hybridized carbons (Fsp3) is 0.333. The number of carbonyl (C=O) groups is 1. The molecular weight excluding hydrogens is 392 g/mol. The van der Waals surface area contributed by atoms with Crippen molar-refractivity contribution in [1.29, 1.82) is 0 Å². The van der Waals surface area contributed by atoms with Crippen LogP contribution in [0.2, 0.25) is 0 Å². The molecule has 0 radical (unpaired) electrons. The number of thiophene rings is 1. The average molecular weight is 417 g/mol.